The topological polar surface area (TPSA) is 52.0 Å². The number of nitrogen functional groups attached to an aromatic ring is 1. The average Bonchev–Trinajstić information content (AvgIpc) is 2.80. The Morgan fingerprint density at radius 1 is 1.05 bits per heavy atom. The quantitative estimate of drug-likeness (QED) is 0.648. The summed E-state index contributed by atoms with van der Waals surface area (Å²) >= 11 is 2.00. The number of benzene rings is 2. The Labute approximate surface area is 132 Å². The van der Waals surface area contributed by atoms with Crippen LogP contribution in [0.4, 0.5) is 14.7 Å². The molecule has 3 nitrogen and oxygen atoms in total. The molecular formula is C15H9F2IN2O. The second-order valence-corrected chi connectivity index (χ2v) is 5.57. The van der Waals surface area contributed by atoms with Crippen molar-refractivity contribution in [2.24, 2.45) is 0 Å². The molecule has 2 aromatic carbocycles. The number of halogens is 3. The van der Waals surface area contributed by atoms with Gasteiger partial charge in [0.1, 0.15) is 17.3 Å². The maximum atomic E-state index is 13.4. The van der Waals surface area contributed by atoms with Crippen molar-refractivity contribution >= 4 is 28.5 Å². The fourth-order valence-corrected chi connectivity index (χ4v) is 2.82. The highest BCUT2D eigenvalue weighted by Crippen LogP contribution is 2.38. The highest BCUT2D eigenvalue weighted by atomic mass is 127. The maximum Gasteiger partial charge on any atom is 0.230 e. The summed E-state index contributed by atoms with van der Waals surface area (Å²) in [6.07, 6.45) is 0. The van der Waals surface area contributed by atoms with Crippen LogP contribution < -0.4 is 5.73 Å². The first kappa shape index (κ1) is 14.0. The molecule has 2 N–H and O–H groups in total. The molecule has 0 aliphatic rings. The van der Waals surface area contributed by atoms with Crippen LogP contribution in [-0.2, 0) is 0 Å². The third kappa shape index (κ3) is 2.63. The standard InChI is InChI=1S/C15H9F2IN2O/c16-9-3-1-2-8(6-9)13-14(20-21-15(13)19)11-5-4-10(17)7-12(11)18/h1-7H,19H2. The van der Waals surface area contributed by atoms with Gasteiger partial charge in [0.05, 0.1) is 5.56 Å². The van der Waals surface area contributed by atoms with E-state index in [-0.39, 0.29) is 17.5 Å². The van der Waals surface area contributed by atoms with E-state index in [9.17, 15) is 8.78 Å². The Bertz CT molecular complexity index is 817. The van der Waals surface area contributed by atoms with E-state index in [1.54, 1.807) is 18.2 Å². The summed E-state index contributed by atoms with van der Waals surface area (Å²) in [5.41, 5.74) is 8.01. The van der Waals surface area contributed by atoms with E-state index in [4.69, 9.17) is 10.3 Å². The van der Waals surface area contributed by atoms with Crippen molar-refractivity contribution in [2.75, 3.05) is 5.73 Å². The highest BCUT2D eigenvalue weighted by Gasteiger charge is 2.19. The number of hydrogen-bond acceptors (Lipinski definition) is 3. The van der Waals surface area contributed by atoms with Gasteiger partial charge in [0.25, 0.3) is 0 Å². The highest BCUT2D eigenvalue weighted by molar-refractivity contribution is 14.1. The van der Waals surface area contributed by atoms with Gasteiger partial charge in [-0.25, -0.2) is 8.78 Å². The Balaban J connectivity index is 2.22. The van der Waals surface area contributed by atoms with Crippen LogP contribution in [0.25, 0.3) is 22.4 Å². The second-order valence-electron chi connectivity index (χ2n) is 4.40. The van der Waals surface area contributed by atoms with Gasteiger partial charge < -0.3 is 10.3 Å². The smallest absolute Gasteiger partial charge is 0.230 e. The van der Waals surface area contributed by atoms with Gasteiger partial charge in [-0.3, -0.25) is 0 Å². The number of aromatic nitrogens is 1. The lowest BCUT2D eigenvalue weighted by molar-refractivity contribution is 0.439. The van der Waals surface area contributed by atoms with Crippen LogP contribution in [0.5, 0.6) is 0 Å². The molecule has 0 amide bonds. The van der Waals surface area contributed by atoms with Gasteiger partial charge in [0, 0.05) is 9.13 Å². The number of nitrogens with two attached hydrogens (primary N) is 1. The maximum absolute atomic E-state index is 13.4. The monoisotopic (exact) mass is 398 g/mol. The molecule has 1 heterocycles. The summed E-state index contributed by atoms with van der Waals surface area (Å²) in [5, 5.41) is 3.93. The van der Waals surface area contributed by atoms with Gasteiger partial charge in [-0.1, -0.05) is 17.3 Å². The molecule has 1 aromatic heterocycles. The van der Waals surface area contributed by atoms with Crippen LogP contribution in [0, 0.1) is 15.2 Å². The van der Waals surface area contributed by atoms with Crippen molar-refractivity contribution in [3.05, 3.63) is 57.7 Å². The number of hydrogen-bond donors (Lipinski definition) is 1. The van der Waals surface area contributed by atoms with E-state index >= 15 is 0 Å². The van der Waals surface area contributed by atoms with Crippen molar-refractivity contribution in [3.8, 4) is 22.4 Å². The predicted molar refractivity (Wildman–Crippen MR) is 84.4 cm³/mol. The molecule has 0 atom stereocenters. The summed E-state index contributed by atoms with van der Waals surface area (Å²) in [4.78, 5) is 0. The SMILES string of the molecule is Nc1onc(-c2ccc(F)cc2I)c1-c1cccc(F)c1. The van der Waals surface area contributed by atoms with E-state index in [2.05, 4.69) is 5.16 Å². The molecule has 3 rings (SSSR count). The van der Waals surface area contributed by atoms with Crippen LogP contribution in [0.1, 0.15) is 0 Å². The molecule has 0 aliphatic heterocycles. The summed E-state index contributed by atoms with van der Waals surface area (Å²) < 4.78 is 32.3. The van der Waals surface area contributed by atoms with Gasteiger partial charge >= 0.3 is 0 Å². The third-order valence-electron chi connectivity index (χ3n) is 3.02. The van der Waals surface area contributed by atoms with Gasteiger partial charge in [0.2, 0.25) is 5.88 Å². The summed E-state index contributed by atoms with van der Waals surface area (Å²) in [6.45, 7) is 0. The molecule has 6 heteroatoms. The van der Waals surface area contributed by atoms with E-state index in [1.165, 1.54) is 24.3 Å². The van der Waals surface area contributed by atoms with E-state index in [0.717, 1.165) is 0 Å². The average molecular weight is 398 g/mol. The summed E-state index contributed by atoms with van der Waals surface area (Å²) in [7, 11) is 0. The Morgan fingerprint density at radius 2 is 1.81 bits per heavy atom. The molecular weight excluding hydrogens is 389 g/mol. The lowest BCUT2D eigenvalue weighted by Crippen LogP contribution is -1.91. The van der Waals surface area contributed by atoms with Gasteiger partial charge in [-0.05, 0) is 58.5 Å². The second kappa shape index (κ2) is 5.44. The number of nitrogens with zero attached hydrogens (tertiary/aromatic N) is 1. The largest absolute Gasteiger partial charge is 0.367 e. The van der Waals surface area contributed by atoms with Crippen molar-refractivity contribution in [3.63, 3.8) is 0 Å². The minimum Gasteiger partial charge on any atom is -0.367 e. The third-order valence-corrected chi connectivity index (χ3v) is 3.91. The fourth-order valence-electron chi connectivity index (χ4n) is 2.09. The molecule has 0 spiro atoms. The van der Waals surface area contributed by atoms with Gasteiger partial charge in [-0.2, -0.15) is 0 Å². The van der Waals surface area contributed by atoms with E-state index in [0.29, 0.717) is 26.0 Å². The van der Waals surface area contributed by atoms with Crippen LogP contribution in [0.15, 0.2) is 47.0 Å². The molecule has 0 radical (unpaired) electrons. The molecule has 106 valence electrons. The first-order valence-corrected chi connectivity index (χ1v) is 7.10. The predicted octanol–water partition coefficient (Wildman–Crippen LogP) is 4.47. The lowest BCUT2D eigenvalue weighted by atomic mass is 10.0. The molecule has 0 bridgehead atoms. The Hall–Kier alpha value is -1.96. The zero-order valence-electron chi connectivity index (χ0n) is 10.6. The Morgan fingerprint density at radius 3 is 2.52 bits per heavy atom. The molecule has 0 fully saturated rings. The molecule has 3 aromatic rings. The number of rotatable bonds is 2. The normalized spacial score (nSPS) is 10.8. The lowest BCUT2D eigenvalue weighted by Gasteiger charge is -2.05. The molecule has 0 saturated carbocycles. The van der Waals surface area contributed by atoms with Gasteiger partial charge in [-0.15, -0.1) is 0 Å². The summed E-state index contributed by atoms with van der Waals surface area (Å²) in [5.74, 6) is -0.629. The zero-order chi connectivity index (χ0) is 15.0. The fraction of sp³-hybridized carbons (Fsp3) is 0. The van der Waals surface area contributed by atoms with Crippen LogP contribution in [0.3, 0.4) is 0 Å². The molecule has 21 heavy (non-hydrogen) atoms. The molecule has 0 aliphatic carbocycles. The zero-order valence-corrected chi connectivity index (χ0v) is 12.8. The molecule has 0 saturated heterocycles. The van der Waals surface area contributed by atoms with E-state index in [1.807, 2.05) is 22.6 Å². The van der Waals surface area contributed by atoms with Crippen molar-refractivity contribution in [1.29, 1.82) is 0 Å². The summed E-state index contributed by atoms with van der Waals surface area (Å²) in [6, 6.07) is 10.3. The van der Waals surface area contributed by atoms with Crippen molar-refractivity contribution in [2.45, 2.75) is 0 Å². The minimum absolute atomic E-state index is 0.0933. The van der Waals surface area contributed by atoms with E-state index < -0.39 is 0 Å². The first-order chi connectivity index (χ1) is 10.1. The van der Waals surface area contributed by atoms with Crippen LogP contribution >= 0.6 is 22.6 Å². The number of anilines is 1. The minimum atomic E-state index is -0.382. The Kier molecular flexibility index (Phi) is 3.62. The van der Waals surface area contributed by atoms with Crippen LogP contribution in [0.2, 0.25) is 0 Å². The van der Waals surface area contributed by atoms with Crippen molar-refractivity contribution in [1.82, 2.24) is 5.16 Å². The van der Waals surface area contributed by atoms with Gasteiger partial charge in [0.15, 0.2) is 0 Å². The van der Waals surface area contributed by atoms with Crippen molar-refractivity contribution < 1.29 is 13.3 Å². The first-order valence-electron chi connectivity index (χ1n) is 6.03. The van der Waals surface area contributed by atoms with Crippen LogP contribution in [-0.4, -0.2) is 5.16 Å². The molecule has 0 unspecified atom stereocenters.